The average molecular weight is 278 g/mol. The molecule has 0 radical (unpaired) electrons. The van der Waals surface area contributed by atoms with Gasteiger partial charge in [0.2, 0.25) is 5.91 Å². The quantitative estimate of drug-likeness (QED) is 0.796. The van der Waals surface area contributed by atoms with Crippen molar-refractivity contribution < 1.29 is 14.7 Å². The maximum atomic E-state index is 12.3. The van der Waals surface area contributed by atoms with E-state index in [1.807, 2.05) is 12.2 Å². The van der Waals surface area contributed by atoms with E-state index in [9.17, 15) is 14.7 Å². The first-order valence-corrected chi connectivity index (χ1v) is 7.84. The number of hydrogen-bond acceptors (Lipinski definition) is 3. The summed E-state index contributed by atoms with van der Waals surface area (Å²) in [4.78, 5) is 23.5. The molecular weight excluding hydrogens is 254 g/mol. The number of carboxylic acids is 1. The molecule has 0 bridgehead atoms. The van der Waals surface area contributed by atoms with Gasteiger partial charge in [-0.1, -0.05) is 44.3 Å². The molecule has 4 heteroatoms. The van der Waals surface area contributed by atoms with Crippen molar-refractivity contribution in [2.45, 2.75) is 63.8 Å². The number of carbonyl (C=O) groups is 2. The topological polar surface area (TPSA) is 69.2 Å². The zero-order chi connectivity index (χ0) is 14.4. The van der Waals surface area contributed by atoms with Crippen LogP contribution in [0.25, 0.3) is 0 Å². The number of allylic oxidation sites excluding steroid dienone is 2. The Morgan fingerprint density at radius 1 is 0.900 bits per heavy atom. The van der Waals surface area contributed by atoms with Crippen LogP contribution in [0.5, 0.6) is 0 Å². The molecule has 112 valence electrons. The van der Waals surface area contributed by atoms with Crippen molar-refractivity contribution in [3.8, 4) is 0 Å². The lowest BCUT2D eigenvalue weighted by atomic mass is 9.82. The van der Waals surface area contributed by atoms with Gasteiger partial charge in [-0.25, -0.2) is 0 Å². The first-order chi connectivity index (χ1) is 9.68. The lowest BCUT2D eigenvalue weighted by Crippen LogP contribution is -2.46. The van der Waals surface area contributed by atoms with E-state index in [4.69, 9.17) is 0 Å². The summed E-state index contributed by atoms with van der Waals surface area (Å²) < 4.78 is 0. The van der Waals surface area contributed by atoms with Crippen LogP contribution in [0.15, 0.2) is 12.2 Å². The van der Waals surface area contributed by atoms with Crippen molar-refractivity contribution >= 4 is 11.9 Å². The second-order valence-corrected chi connectivity index (χ2v) is 6.03. The molecule has 20 heavy (non-hydrogen) atoms. The Labute approximate surface area is 120 Å². The molecule has 0 aromatic rings. The molecule has 2 aliphatic carbocycles. The molecule has 0 aliphatic heterocycles. The van der Waals surface area contributed by atoms with E-state index in [0.717, 1.165) is 25.7 Å². The minimum absolute atomic E-state index is 0.103. The highest BCUT2D eigenvalue weighted by atomic mass is 16.4. The van der Waals surface area contributed by atoms with Crippen molar-refractivity contribution in [2.75, 3.05) is 0 Å². The molecule has 1 fully saturated rings. The third kappa shape index (κ3) is 4.09. The van der Waals surface area contributed by atoms with E-state index >= 15 is 0 Å². The normalized spacial score (nSPS) is 28.4. The van der Waals surface area contributed by atoms with Crippen LogP contribution in [0.1, 0.15) is 57.8 Å². The molecule has 2 atom stereocenters. The molecule has 2 rings (SSSR count). The van der Waals surface area contributed by atoms with E-state index in [1.54, 1.807) is 0 Å². The van der Waals surface area contributed by atoms with Gasteiger partial charge >= 0.3 is 0 Å². The number of hydrogen-bond donors (Lipinski definition) is 1. The fourth-order valence-corrected chi connectivity index (χ4v) is 3.27. The van der Waals surface area contributed by atoms with Crippen LogP contribution < -0.4 is 10.4 Å². The molecule has 0 unspecified atom stereocenters. The number of carboxylic acid groups (broad SMARTS) is 1. The summed E-state index contributed by atoms with van der Waals surface area (Å²) >= 11 is 0. The maximum Gasteiger partial charge on any atom is 0.224 e. The predicted octanol–water partition coefficient (Wildman–Crippen LogP) is 1.55. The summed E-state index contributed by atoms with van der Waals surface area (Å²) in [6.07, 6.45) is 12.8. The van der Waals surface area contributed by atoms with Crippen molar-refractivity contribution in [3.05, 3.63) is 12.2 Å². The van der Waals surface area contributed by atoms with E-state index in [1.165, 1.54) is 19.3 Å². The van der Waals surface area contributed by atoms with Gasteiger partial charge in [0.05, 0.1) is 0 Å². The third-order valence-corrected chi connectivity index (χ3v) is 4.52. The summed E-state index contributed by atoms with van der Waals surface area (Å²) in [5.41, 5.74) is 0. The Kier molecular flexibility index (Phi) is 5.62. The summed E-state index contributed by atoms with van der Waals surface area (Å²) in [6, 6.07) is 0.219. The zero-order valence-corrected chi connectivity index (χ0v) is 12.0. The summed E-state index contributed by atoms with van der Waals surface area (Å²) in [5, 5.41) is 14.2. The zero-order valence-electron chi connectivity index (χ0n) is 12.0. The lowest BCUT2D eigenvalue weighted by molar-refractivity contribution is -0.313. The van der Waals surface area contributed by atoms with Crippen LogP contribution in [0.3, 0.4) is 0 Å². The van der Waals surface area contributed by atoms with Crippen LogP contribution in [0, 0.1) is 11.8 Å². The Bertz CT molecular complexity index is 370. The molecule has 0 aromatic carbocycles. The van der Waals surface area contributed by atoms with Gasteiger partial charge in [-0.05, 0) is 25.7 Å². The Morgan fingerprint density at radius 3 is 2.05 bits per heavy atom. The van der Waals surface area contributed by atoms with Crippen LogP contribution in [0.4, 0.5) is 0 Å². The first kappa shape index (κ1) is 15.1. The minimum Gasteiger partial charge on any atom is -0.550 e. The standard InChI is InChI=1S/C16H25NO3/c18-15(13-10-6-7-11-14(13)16(19)20)17-12-8-4-2-1-3-5-9-12/h6-7,12-14H,1-5,8-11H2,(H,17,18)(H,19,20)/p-1/t13-,14-/m1/s1. The van der Waals surface area contributed by atoms with Gasteiger partial charge in [0.25, 0.3) is 0 Å². The van der Waals surface area contributed by atoms with Crippen molar-refractivity contribution in [1.82, 2.24) is 5.32 Å². The molecule has 1 N–H and O–H groups in total. The Morgan fingerprint density at radius 2 is 1.45 bits per heavy atom. The lowest BCUT2D eigenvalue weighted by Gasteiger charge is -2.30. The van der Waals surface area contributed by atoms with Crippen LogP contribution in [-0.2, 0) is 9.59 Å². The summed E-state index contributed by atoms with van der Waals surface area (Å²) in [5.74, 6) is -2.34. The fourth-order valence-electron chi connectivity index (χ4n) is 3.27. The Hall–Kier alpha value is -1.32. The largest absolute Gasteiger partial charge is 0.550 e. The number of amides is 1. The second kappa shape index (κ2) is 7.46. The molecule has 4 nitrogen and oxygen atoms in total. The van der Waals surface area contributed by atoms with Gasteiger partial charge < -0.3 is 15.2 Å². The minimum atomic E-state index is -1.10. The average Bonchev–Trinajstić information content (AvgIpc) is 2.41. The van der Waals surface area contributed by atoms with Gasteiger partial charge in [-0.15, -0.1) is 0 Å². The monoisotopic (exact) mass is 278 g/mol. The van der Waals surface area contributed by atoms with Crippen LogP contribution in [0.2, 0.25) is 0 Å². The smallest absolute Gasteiger partial charge is 0.224 e. The number of nitrogens with one attached hydrogen (secondary N) is 1. The highest BCUT2D eigenvalue weighted by Gasteiger charge is 2.30. The third-order valence-electron chi connectivity index (χ3n) is 4.52. The highest BCUT2D eigenvalue weighted by Crippen LogP contribution is 2.26. The van der Waals surface area contributed by atoms with E-state index < -0.39 is 17.8 Å². The maximum absolute atomic E-state index is 12.3. The molecule has 0 spiro atoms. The van der Waals surface area contributed by atoms with E-state index in [0.29, 0.717) is 12.8 Å². The van der Waals surface area contributed by atoms with Crippen LogP contribution >= 0.6 is 0 Å². The van der Waals surface area contributed by atoms with Crippen molar-refractivity contribution in [1.29, 1.82) is 0 Å². The summed E-state index contributed by atoms with van der Waals surface area (Å²) in [6.45, 7) is 0. The SMILES string of the molecule is O=C([O-])[C@@H]1CC=CC[C@H]1C(=O)NC1CCCCCCC1. The molecule has 0 saturated heterocycles. The molecule has 0 aromatic heterocycles. The van der Waals surface area contributed by atoms with Crippen molar-refractivity contribution in [3.63, 3.8) is 0 Å². The van der Waals surface area contributed by atoms with Crippen LogP contribution in [-0.4, -0.2) is 17.9 Å². The molecule has 2 aliphatic rings. The molecular formula is C16H24NO3-. The Balaban J connectivity index is 1.91. The van der Waals surface area contributed by atoms with Crippen molar-refractivity contribution in [2.24, 2.45) is 11.8 Å². The molecule has 1 amide bonds. The highest BCUT2D eigenvalue weighted by molar-refractivity contribution is 5.84. The number of aliphatic carboxylic acids is 1. The fraction of sp³-hybridized carbons (Fsp3) is 0.750. The van der Waals surface area contributed by atoms with Gasteiger partial charge in [-0.3, -0.25) is 4.79 Å². The first-order valence-electron chi connectivity index (χ1n) is 7.84. The van der Waals surface area contributed by atoms with E-state index in [2.05, 4.69) is 5.32 Å². The van der Waals surface area contributed by atoms with Gasteiger partial charge in [0, 0.05) is 23.8 Å². The van der Waals surface area contributed by atoms with Gasteiger partial charge in [0.1, 0.15) is 0 Å². The number of rotatable bonds is 3. The number of carbonyl (C=O) groups excluding carboxylic acids is 2. The summed E-state index contributed by atoms with van der Waals surface area (Å²) in [7, 11) is 0. The van der Waals surface area contributed by atoms with E-state index in [-0.39, 0.29) is 11.9 Å². The van der Waals surface area contributed by atoms with Gasteiger partial charge in [0.15, 0.2) is 0 Å². The second-order valence-electron chi connectivity index (χ2n) is 6.03. The van der Waals surface area contributed by atoms with Gasteiger partial charge in [-0.2, -0.15) is 0 Å². The molecule has 1 saturated carbocycles. The predicted molar refractivity (Wildman–Crippen MR) is 74.6 cm³/mol. The molecule has 0 heterocycles.